The Bertz CT molecular complexity index is 814. The number of piperidine rings is 1. The normalized spacial score (nSPS) is 26.8. The van der Waals surface area contributed by atoms with Crippen molar-refractivity contribution < 1.29 is 8.92 Å². The Morgan fingerprint density at radius 1 is 1.25 bits per heavy atom. The molecule has 28 heavy (non-hydrogen) atoms. The number of fused-ring (bicyclic) bond motifs is 1. The van der Waals surface area contributed by atoms with E-state index in [1.165, 1.54) is 35.7 Å². The Kier molecular flexibility index (Phi) is 6.61. The van der Waals surface area contributed by atoms with E-state index in [-0.39, 0.29) is 0 Å². The Balaban J connectivity index is 1.39. The summed E-state index contributed by atoms with van der Waals surface area (Å²) in [6, 6.07) is 6.12. The van der Waals surface area contributed by atoms with Gasteiger partial charge in [0.15, 0.2) is 0 Å². The highest BCUT2D eigenvalue weighted by molar-refractivity contribution is 7.97. The fourth-order valence-corrected chi connectivity index (χ4v) is 6.07. The van der Waals surface area contributed by atoms with E-state index in [2.05, 4.69) is 59.6 Å². The third-order valence-electron chi connectivity index (χ3n) is 6.30. The summed E-state index contributed by atoms with van der Waals surface area (Å²) in [7, 11) is 1.82. The molecule has 2 aromatic rings. The van der Waals surface area contributed by atoms with Crippen molar-refractivity contribution in [3.8, 4) is 5.75 Å². The molecule has 1 aliphatic carbocycles. The zero-order chi connectivity index (χ0) is 19.5. The first kappa shape index (κ1) is 20.2. The molecule has 152 valence electrons. The highest BCUT2D eigenvalue weighted by atomic mass is 32.2. The Morgan fingerprint density at radius 2 is 2.07 bits per heavy atom. The average Bonchev–Trinajstić information content (AvgIpc) is 3.17. The maximum atomic E-state index is 5.54. The lowest BCUT2D eigenvalue weighted by Crippen LogP contribution is -2.33. The molecule has 0 bridgehead atoms. The Labute approximate surface area is 177 Å². The van der Waals surface area contributed by atoms with Crippen molar-refractivity contribution in [1.29, 1.82) is 0 Å². The number of hydrogen-bond donors (Lipinski definition) is 2. The van der Waals surface area contributed by atoms with Crippen molar-refractivity contribution in [2.24, 2.45) is 5.92 Å². The van der Waals surface area contributed by atoms with Crippen molar-refractivity contribution in [1.82, 2.24) is 9.29 Å². The molecule has 0 amide bonds. The summed E-state index contributed by atoms with van der Waals surface area (Å²) in [5, 5.41) is 1.85. The molecular formula is C22H30N2O2S2. The summed E-state index contributed by atoms with van der Waals surface area (Å²) in [4.78, 5) is 3.42. The summed E-state index contributed by atoms with van der Waals surface area (Å²) in [5.41, 5.74) is 2.59. The quantitative estimate of drug-likeness (QED) is 0.278. The van der Waals surface area contributed by atoms with Crippen molar-refractivity contribution in [3.63, 3.8) is 0 Å². The topological polar surface area (TPSA) is 37.5 Å². The zero-order valence-electron chi connectivity index (χ0n) is 16.6. The molecule has 1 aromatic heterocycles. The number of H-pyrrole nitrogens is 1. The van der Waals surface area contributed by atoms with E-state index in [9.17, 15) is 0 Å². The molecule has 3 unspecified atom stereocenters. The third kappa shape index (κ3) is 4.25. The molecule has 1 aliphatic heterocycles. The minimum Gasteiger partial charge on any atom is -0.429 e. The van der Waals surface area contributed by atoms with E-state index in [1.54, 1.807) is 0 Å². The Hall–Kier alpha value is -1.08. The fourth-order valence-electron chi connectivity index (χ4n) is 4.56. The van der Waals surface area contributed by atoms with Crippen LogP contribution in [-0.2, 0) is 4.74 Å². The van der Waals surface area contributed by atoms with Crippen LogP contribution < -0.4 is 4.18 Å². The fraction of sp³-hybridized carbons (Fsp3) is 0.545. The van der Waals surface area contributed by atoms with E-state index in [1.807, 2.05) is 25.1 Å². The van der Waals surface area contributed by atoms with Gasteiger partial charge in [-0.25, -0.2) is 0 Å². The number of benzene rings is 1. The lowest BCUT2D eigenvalue weighted by Gasteiger charge is -2.37. The predicted molar refractivity (Wildman–Crippen MR) is 121 cm³/mol. The zero-order valence-corrected chi connectivity index (χ0v) is 18.3. The number of ether oxygens (including phenoxy) is 1. The third-order valence-corrected chi connectivity index (χ3v) is 7.96. The smallest absolute Gasteiger partial charge is 0.137 e. The number of thiol groups is 1. The van der Waals surface area contributed by atoms with E-state index in [0.717, 1.165) is 25.3 Å². The van der Waals surface area contributed by atoms with Crippen LogP contribution in [0.4, 0.5) is 0 Å². The largest absolute Gasteiger partial charge is 0.429 e. The van der Waals surface area contributed by atoms with Crippen molar-refractivity contribution in [2.45, 2.75) is 49.9 Å². The highest BCUT2D eigenvalue weighted by Gasteiger charge is 2.30. The summed E-state index contributed by atoms with van der Waals surface area (Å²) in [5.74, 6) is 2.10. The molecule has 0 radical (unpaired) electrons. The van der Waals surface area contributed by atoms with E-state index < -0.39 is 0 Å². The summed E-state index contributed by atoms with van der Waals surface area (Å²) >= 11 is 6.00. The van der Waals surface area contributed by atoms with Gasteiger partial charge in [0.1, 0.15) is 5.75 Å². The van der Waals surface area contributed by atoms with Crippen LogP contribution in [-0.4, -0.2) is 40.8 Å². The predicted octanol–water partition coefficient (Wildman–Crippen LogP) is 5.59. The first-order valence-electron chi connectivity index (χ1n) is 10.3. The molecule has 6 heteroatoms. The standard InChI is InChI=1S/C22H30N2O2S2/c1-3-15-12-17(25-2)5-7-22(15)28-24-10-8-16(9-11-24)20-14-23-21-6-4-18(26-27)13-19(20)21/h4-7,13-17,22-23,27H,3,8-12H2,1-2H3. The van der Waals surface area contributed by atoms with Gasteiger partial charge in [-0.1, -0.05) is 37.4 Å². The number of nitrogens with one attached hydrogen (secondary N) is 1. The van der Waals surface area contributed by atoms with Gasteiger partial charge in [0.25, 0.3) is 0 Å². The van der Waals surface area contributed by atoms with Gasteiger partial charge in [-0.2, -0.15) is 0 Å². The number of aromatic nitrogens is 1. The molecule has 1 N–H and O–H groups in total. The first-order valence-corrected chi connectivity index (χ1v) is 11.5. The van der Waals surface area contributed by atoms with E-state index in [0.29, 0.717) is 23.2 Å². The number of aromatic amines is 1. The van der Waals surface area contributed by atoms with Crippen molar-refractivity contribution in [3.05, 3.63) is 42.1 Å². The number of hydrogen-bond acceptors (Lipinski definition) is 5. The van der Waals surface area contributed by atoms with Crippen molar-refractivity contribution >= 4 is 35.8 Å². The maximum absolute atomic E-state index is 5.54. The summed E-state index contributed by atoms with van der Waals surface area (Å²) < 4.78 is 13.2. The monoisotopic (exact) mass is 418 g/mol. The van der Waals surface area contributed by atoms with Gasteiger partial charge < -0.3 is 13.9 Å². The summed E-state index contributed by atoms with van der Waals surface area (Å²) in [6.45, 7) is 4.58. The molecule has 2 aliphatic rings. The molecule has 3 atom stereocenters. The molecule has 1 fully saturated rings. The second-order valence-electron chi connectivity index (χ2n) is 7.88. The maximum Gasteiger partial charge on any atom is 0.137 e. The molecular weight excluding hydrogens is 388 g/mol. The molecule has 0 spiro atoms. The van der Waals surface area contributed by atoms with Crippen LogP contribution in [0.2, 0.25) is 0 Å². The highest BCUT2D eigenvalue weighted by Crippen LogP contribution is 2.39. The van der Waals surface area contributed by atoms with Crippen molar-refractivity contribution in [2.75, 3.05) is 20.2 Å². The lowest BCUT2D eigenvalue weighted by molar-refractivity contribution is 0.111. The molecule has 1 aromatic carbocycles. The van der Waals surface area contributed by atoms with Gasteiger partial charge in [0, 0.05) is 55.5 Å². The molecule has 2 heterocycles. The van der Waals surface area contributed by atoms with E-state index >= 15 is 0 Å². The lowest BCUT2D eigenvalue weighted by atomic mass is 9.90. The number of methoxy groups -OCH3 is 1. The van der Waals surface area contributed by atoms with Crippen LogP contribution in [0.5, 0.6) is 5.75 Å². The molecule has 1 saturated heterocycles. The SMILES string of the molecule is CCC1CC(OC)C=CC1SN1CCC(c2c[nH]c3ccc(OS)cc23)CC1. The van der Waals surface area contributed by atoms with Gasteiger partial charge in [0.2, 0.25) is 0 Å². The molecule has 0 saturated carbocycles. The van der Waals surface area contributed by atoms with E-state index in [4.69, 9.17) is 8.92 Å². The number of rotatable bonds is 6. The second kappa shape index (κ2) is 9.16. The average molecular weight is 419 g/mol. The first-order chi connectivity index (χ1) is 13.7. The molecule has 4 nitrogen and oxygen atoms in total. The van der Waals surface area contributed by atoms with Crippen LogP contribution in [0.3, 0.4) is 0 Å². The van der Waals surface area contributed by atoms with Crippen LogP contribution in [0.1, 0.15) is 44.1 Å². The van der Waals surface area contributed by atoms with Gasteiger partial charge >= 0.3 is 0 Å². The van der Waals surface area contributed by atoms with Gasteiger partial charge in [0.05, 0.1) is 6.10 Å². The Morgan fingerprint density at radius 3 is 2.79 bits per heavy atom. The van der Waals surface area contributed by atoms with Gasteiger partial charge in [-0.05, 0) is 54.9 Å². The van der Waals surface area contributed by atoms with Gasteiger partial charge in [-0.3, -0.25) is 4.31 Å². The second-order valence-corrected chi connectivity index (χ2v) is 9.33. The van der Waals surface area contributed by atoms with Gasteiger partial charge in [-0.15, -0.1) is 0 Å². The minimum atomic E-state index is 0.292. The summed E-state index contributed by atoms with van der Waals surface area (Å²) in [6.07, 6.45) is 11.8. The number of nitrogens with zero attached hydrogens (tertiary/aromatic N) is 1. The molecule has 4 rings (SSSR count). The minimum absolute atomic E-state index is 0.292. The van der Waals surface area contributed by atoms with Crippen LogP contribution in [0, 0.1) is 5.92 Å². The van der Waals surface area contributed by atoms with Crippen LogP contribution in [0.15, 0.2) is 36.5 Å². The van der Waals surface area contributed by atoms with Crippen LogP contribution >= 0.6 is 24.9 Å². The van der Waals surface area contributed by atoms with Crippen LogP contribution in [0.25, 0.3) is 10.9 Å².